The number of ether oxygens (including phenoxy) is 1. The summed E-state index contributed by atoms with van der Waals surface area (Å²) in [4.78, 5) is 65.4. The summed E-state index contributed by atoms with van der Waals surface area (Å²) in [6.07, 6.45) is -0.0852. The number of hydrogen-bond donors (Lipinski definition) is 4. The van der Waals surface area contributed by atoms with Crippen LogP contribution in [-0.2, 0) is 14.3 Å². The van der Waals surface area contributed by atoms with Crippen molar-refractivity contribution in [3.8, 4) is 0 Å². The molecule has 0 aliphatic heterocycles. The standard InChI is InChI=1S/C19H31N5O4S.C17H27N5O4S.CH4.Li.H3N.H2O/c1-7-12(5)16(22-23-20)18(26)24(6)14(11(3)4)9-15(25)17-21-13(10-29-17)19(27)28-8-2;1-6-10(4)14(20-21-18)16(24)22(5)12(9(2)3)7-13(23)15-19-11(8-27-15)17(25)26;;;;/h10-12,14-16,25H,7-9H2,1-6H3;8-10,12-14,23H,6-7H2,1-5H3,(H,25,26);1H4;;1H3;1H2/q;;;+1;;/p-1/t12?,14-,15-,16+;10?,12-,13-,14+;;;;/m11..../s1. The van der Waals surface area contributed by atoms with Gasteiger partial charge in [-0.15, -0.1) is 22.7 Å². The maximum Gasteiger partial charge on any atom is 1.00 e. The molecule has 2 heterocycles. The fraction of sp³-hybridized carbons (Fsp3) is 0.730. The number of rotatable bonds is 21. The number of thiazole rings is 2. The Morgan fingerprint density at radius 2 is 1.12 bits per heavy atom. The van der Waals surface area contributed by atoms with Gasteiger partial charge in [-0.2, -0.15) is 0 Å². The molecule has 8 atom stereocenters. The molecule has 336 valence electrons. The van der Waals surface area contributed by atoms with Crippen LogP contribution in [0, 0.1) is 23.7 Å². The Labute approximate surface area is 373 Å². The Balaban J connectivity index is -0.000000491. The zero-order valence-corrected chi connectivity index (χ0v) is 37.9. The largest absolute Gasteiger partial charge is 1.00 e. The minimum atomic E-state index is -1.15. The molecule has 2 aromatic rings. The smallest absolute Gasteiger partial charge is 0.870 e. The Hall–Kier alpha value is -3.80. The number of hydrogen-bond acceptors (Lipinski definition) is 15. The number of aromatic nitrogens is 2. The first-order valence-corrected chi connectivity index (χ1v) is 20.4. The fourth-order valence-corrected chi connectivity index (χ4v) is 7.38. The van der Waals surface area contributed by atoms with Crippen molar-refractivity contribution in [1.82, 2.24) is 25.9 Å². The number of likely N-dealkylation sites (N-methyl/N-ethyl adjacent to an activating group) is 2. The van der Waals surface area contributed by atoms with E-state index < -0.39 is 36.2 Å². The van der Waals surface area contributed by atoms with Crippen molar-refractivity contribution >= 4 is 46.4 Å². The second-order valence-electron chi connectivity index (χ2n) is 14.3. The molecule has 0 aromatic carbocycles. The van der Waals surface area contributed by atoms with Crippen LogP contribution in [0.4, 0.5) is 0 Å². The molecule has 2 amide bonds. The second kappa shape index (κ2) is 31.1. The van der Waals surface area contributed by atoms with E-state index in [1.807, 2.05) is 55.4 Å². The zero-order valence-electron chi connectivity index (χ0n) is 36.3. The summed E-state index contributed by atoms with van der Waals surface area (Å²) in [5, 5.41) is 41.1. The number of aliphatic hydroxyl groups is 2. The van der Waals surface area contributed by atoms with Crippen LogP contribution in [0.3, 0.4) is 0 Å². The number of esters is 1. The molecule has 7 N–H and O–H groups in total. The summed E-state index contributed by atoms with van der Waals surface area (Å²) >= 11 is 2.25. The summed E-state index contributed by atoms with van der Waals surface area (Å²) in [6.45, 7) is 17.3. The molecule has 2 aromatic heterocycles. The predicted molar refractivity (Wildman–Crippen MR) is 228 cm³/mol. The Bertz CT molecular complexity index is 1690. The average Bonchev–Trinajstić information content (AvgIpc) is 3.87. The van der Waals surface area contributed by atoms with Crippen LogP contribution in [0.5, 0.6) is 0 Å². The third-order valence-electron chi connectivity index (χ3n) is 9.70. The summed E-state index contributed by atoms with van der Waals surface area (Å²) in [5.74, 6) is -2.37. The molecule has 0 radical (unpaired) electrons. The minimum Gasteiger partial charge on any atom is -0.870 e. The number of carbonyl (C=O) groups excluding carboxylic acids is 3. The van der Waals surface area contributed by atoms with Gasteiger partial charge in [-0.25, -0.2) is 19.6 Å². The average molecular weight is 880 g/mol. The molecule has 0 saturated heterocycles. The van der Waals surface area contributed by atoms with Crippen LogP contribution < -0.4 is 25.0 Å². The van der Waals surface area contributed by atoms with Crippen LogP contribution in [-0.4, -0.2) is 109 Å². The number of carboxylic acid groups (broad SMARTS) is 1. The van der Waals surface area contributed by atoms with E-state index in [1.165, 1.54) is 21.6 Å². The third-order valence-corrected chi connectivity index (χ3v) is 11.6. The van der Waals surface area contributed by atoms with Crippen LogP contribution in [0.2, 0.25) is 0 Å². The SMILES string of the molecule is C.CCC(C)[C@H](N=[N+]=[N-])C(=O)N(C)[C@H](C[C@@H](O)c1nc(C(=O)O)cs1)C(C)C.CCOC(=O)c1csc([C@H](O)C[C@H](C(C)C)N(C)C(=O)[C@@H](N=[N+]=[N-])C(C)CC)n1.N.[Li+].[OH-]. The van der Waals surface area contributed by atoms with Gasteiger partial charge in [0.25, 0.3) is 0 Å². The van der Waals surface area contributed by atoms with E-state index in [1.54, 1.807) is 31.3 Å². The van der Waals surface area contributed by atoms with E-state index in [-0.39, 0.29) is 116 Å². The van der Waals surface area contributed by atoms with Crippen molar-refractivity contribution in [3.63, 3.8) is 0 Å². The first kappa shape index (κ1) is 62.8. The number of carboxylic acids is 1. The van der Waals surface area contributed by atoms with Gasteiger partial charge in [0.05, 0.1) is 6.61 Å². The molecule has 20 nitrogen and oxygen atoms in total. The molecule has 0 spiro atoms. The molecule has 0 fully saturated rings. The Morgan fingerprint density at radius 1 is 0.767 bits per heavy atom. The number of aromatic carboxylic acids is 1. The summed E-state index contributed by atoms with van der Waals surface area (Å²) in [7, 11) is 3.29. The first-order valence-electron chi connectivity index (χ1n) is 18.6. The van der Waals surface area contributed by atoms with Crippen molar-refractivity contribution in [3.05, 3.63) is 53.0 Å². The number of carbonyl (C=O) groups is 4. The summed E-state index contributed by atoms with van der Waals surface area (Å²) in [5.41, 5.74) is 17.7. The first-order chi connectivity index (χ1) is 26.3. The van der Waals surface area contributed by atoms with Crippen LogP contribution in [0.25, 0.3) is 20.9 Å². The molecule has 60 heavy (non-hydrogen) atoms. The Kier molecular flexibility index (Phi) is 32.6. The number of aliphatic hydroxyl groups excluding tert-OH is 2. The van der Waals surface area contributed by atoms with Gasteiger partial charge in [-0.05, 0) is 41.7 Å². The van der Waals surface area contributed by atoms with E-state index >= 15 is 0 Å². The van der Waals surface area contributed by atoms with Gasteiger partial charge in [0.1, 0.15) is 34.3 Å². The van der Waals surface area contributed by atoms with Crippen molar-refractivity contribution in [2.45, 2.75) is 132 Å². The third kappa shape index (κ3) is 18.4. The molecule has 0 bridgehead atoms. The predicted octanol–water partition coefficient (Wildman–Crippen LogP) is 5.05. The number of azide groups is 2. The monoisotopic (exact) mass is 879 g/mol. The van der Waals surface area contributed by atoms with Crippen molar-refractivity contribution in [2.75, 3.05) is 20.7 Å². The van der Waals surface area contributed by atoms with Gasteiger partial charge < -0.3 is 41.5 Å². The van der Waals surface area contributed by atoms with Crippen LogP contribution in [0.15, 0.2) is 21.0 Å². The van der Waals surface area contributed by atoms with Crippen molar-refractivity contribution in [2.24, 2.45) is 33.9 Å². The topological polar surface area (TPSA) is 333 Å². The van der Waals surface area contributed by atoms with Gasteiger partial charge in [-0.1, -0.05) is 85.9 Å². The van der Waals surface area contributed by atoms with E-state index in [4.69, 9.17) is 20.9 Å². The normalized spacial score (nSPS) is 14.3. The molecule has 0 aliphatic rings. The van der Waals surface area contributed by atoms with Gasteiger partial charge >= 0.3 is 30.8 Å². The van der Waals surface area contributed by atoms with Gasteiger partial charge in [0.15, 0.2) is 11.4 Å². The number of amides is 2. The molecule has 0 aliphatic carbocycles. The van der Waals surface area contributed by atoms with Gasteiger partial charge in [-0.3, -0.25) is 9.59 Å². The van der Waals surface area contributed by atoms with Crippen LogP contribution >= 0.6 is 22.7 Å². The van der Waals surface area contributed by atoms with Crippen LogP contribution in [0.1, 0.15) is 139 Å². The quantitative estimate of drug-likeness (QED) is 0.0421. The maximum absolute atomic E-state index is 13.0. The second-order valence-corrected chi connectivity index (χ2v) is 16.0. The molecular formula is C37H66LiN11O9S2. The summed E-state index contributed by atoms with van der Waals surface area (Å²) < 4.78 is 4.92. The summed E-state index contributed by atoms with van der Waals surface area (Å²) in [6, 6.07) is -2.22. The van der Waals surface area contributed by atoms with E-state index in [0.29, 0.717) is 22.9 Å². The Morgan fingerprint density at radius 3 is 1.40 bits per heavy atom. The van der Waals surface area contributed by atoms with E-state index in [9.17, 15) is 29.4 Å². The van der Waals surface area contributed by atoms with E-state index in [2.05, 4.69) is 30.0 Å². The van der Waals surface area contributed by atoms with E-state index in [0.717, 1.165) is 11.3 Å². The fourth-order valence-electron chi connectivity index (χ4n) is 5.81. The molecule has 23 heteroatoms. The molecule has 2 rings (SSSR count). The van der Waals surface area contributed by atoms with Crippen molar-refractivity contribution in [1.29, 1.82) is 0 Å². The molecule has 0 saturated carbocycles. The van der Waals surface area contributed by atoms with Crippen molar-refractivity contribution < 1.29 is 63.6 Å². The maximum atomic E-state index is 13.0. The van der Waals surface area contributed by atoms with Gasteiger partial charge in [0, 0.05) is 59.6 Å². The molecule has 2 unspecified atom stereocenters. The zero-order chi connectivity index (χ0) is 42.9. The number of nitrogens with zero attached hydrogens (tertiary/aromatic N) is 10. The molecular weight excluding hydrogens is 814 g/mol. The van der Waals surface area contributed by atoms with Gasteiger partial charge in [0.2, 0.25) is 11.8 Å². The minimum absolute atomic E-state index is 0.